The van der Waals surface area contributed by atoms with Crippen molar-refractivity contribution in [2.75, 3.05) is 32.2 Å². The zero-order valence-corrected chi connectivity index (χ0v) is 15.7. The average Bonchev–Trinajstić information content (AvgIpc) is 2.61. The van der Waals surface area contributed by atoms with Gasteiger partial charge in [0.2, 0.25) is 5.88 Å². The minimum Gasteiger partial charge on any atom is -0.484 e. The molecule has 0 atom stereocenters. The van der Waals surface area contributed by atoms with Crippen LogP contribution in [0.2, 0.25) is 0 Å². The van der Waals surface area contributed by atoms with Gasteiger partial charge in [0.25, 0.3) is 5.91 Å². The number of aromatic nitrogens is 1. The van der Waals surface area contributed by atoms with E-state index < -0.39 is 0 Å². The molecular weight excluding hydrogens is 332 g/mol. The van der Waals surface area contributed by atoms with Crippen LogP contribution in [0.5, 0.6) is 11.6 Å². The van der Waals surface area contributed by atoms with E-state index in [9.17, 15) is 4.79 Å². The first-order chi connectivity index (χ1) is 12.5. The minimum absolute atomic E-state index is 0.0904. The van der Waals surface area contributed by atoms with Crippen molar-refractivity contribution in [1.82, 2.24) is 4.98 Å². The van der Waals surface area contributed by atoms with Crippen molar-refractivity contribution >= 4 is 11.6 Å². The summed E-state index contributed by atoms with van der Waals surface area (Å²) in [6, 6.07) is 9.34. The maximum atomic E-state index is 12.2. The topological polar surface area (TPSA) is 69.7 Å². The number of anilines is 1. The second-order valence-electron chi connectivity index (χ2n) is 6.21. The maximum absolute atomic E-state index is 12.2. The number of pyridine rings is 1. The van der Waals surface area contributed by atoms with Gasteiger partial charge in [-0.2, -0.15) is 0 Å². The predicted molar refractivity (Wildman–Crippen MR) is 101 cm³/mol. The highest BCUT2D eigenvalue weighted by Crippen LogP contribution is 2.24. The van der Waals surface area contributed by atoms with Crippen LogP contribution >= 0.6 is 0 Å². The molecule has 6 nitrogen and oxygen atoms in total. The van der Waals surface area contributed by atoms with Gasteiger partial charge in [0.15, 0.2) is 6.61 Å². The minimum atomic E-state index is -0.278. The third kappa shape index (κ3) is 5.74. The molecule has 2 aromatic rings. The van der Waals surface area contributed by atoms with Gasteiger partial charge in [-0.25, -0.2) is 4.98 Å². The smallest absolute Gasteiger partial charge is 0.262 e. The normalized spacial score (nSPS) is 10.7. The summed E-state index contributed by atoms with van der Waals surface area (Å²) in [6.07, 6.45) is 1.60. The highest BCUT2D eigenvalue weighted by molar-refractivity contribution is 5.92. The van der Waals surface area contributed by atoms with E-state index in [4.69, 9.17) is 14.2 Å². The lowest BCUT2D eigenvalue weighted by Crippen LogP contribution is -2.21. The highest BCUT2D eigenvalue weighted by Gasteiger charge is 2.10. The molecule has 1 heterocycles. The van der Waals surface area contributed by atoms with Crippen molar-refractivity contribution in [3.05, 3.63) is 47.7 Å². The van der Waals surface area contributed by atoms with Crippen LogP contribution in [0.1, 0.15) is 30.9 Å². The number of hydrogen-bond acceptors (Lipinski definition) is 5. The highest BCUT2D eigenvalue weighted by atomic mass is 16.5. The molecular formula is C20H26N2O4. The lowest BCUT2D eigenvalue weighted by atomic mass is 9.98. The fraction of sp³-hybridized carbons (Fsp3) is 0.400. The fourth-order valence-electron chi connectivity index (χ4n) is 2.54. The zero-order chi connectivity index (χ0) is 18.9. The summed E-state index contributed by atoms with van der Waals surface area (Å²) >= 11 is 0. The Morgan fingerprint density at radius 1 is 1.19 bits per heavy atom. The van der Waals surface area contributed by atoms with Crippen molar-refractivity contribution in [2.24, 2.45) is 0 Å². The van der Waals surface area contributed by atoms with Crippen molar-refractivity contribution < 1.29 is 19.0 Å². The van der Waals surface area contributed by atoms with E-state index in [0.717, 1.165) is 5.56 Å². The van der Waals surface area contributed by atoms with Crippen molar-refractivity contribution in [2.45, 2.75) is 26.7 Å². The molecule has 0 saturated carbocycles. The second kappa shape index (κ2) is 9.77. The Labute approximate surface area is 154 Å². The number of nitrogens with one attached hydrogen (secondary N) is 1. The molecule has 1 aromatic heterocycles. The Morgan fingerprint density at radius 2 is 2.00 bits per heavy atom. The van der Waals surface area contributed by atoms with Gasteiger partial charge in [-0.3, -0.25) is 4.79 Å². The standard InChI is InChI=1S/C20H26N2O4/c1-14(2)17-8-7-16(12-15(17)3)26-13-19(23)22-18-6-5-9-21-20(18)25-11-10-24-4/h5-9,12,14H,10-11,13H2,1-4H3,(H,22,23). The molecule has 0 unspecified atom stereocenters. The Balaban J connectivity index is 1.92. The van der Waals surface area contributed by atoms with Crippen LogP contribution in [0.4, 0.5) is 5.69 Å². The summed E-state index contributed by atoms with van der Waals surface area (Å²) in [5.41, 5.74) is 2.93. The summed E-state index contributed by atoms with van der Waals surface area (Å²) in [5.74, 6) is 1.20. The Kier molecular flexibility index (Phi) is 7.41. The number of nitrogens with zero attached hydrogens (tertiary/aromatic N) is 1. The summed E-state index contributed by atoms with van der Waals surface area (Å²) < 4.78 is 16.0. The number of amides is 1. The number of carbonyl (C=O) groups excluding carboxylic acids is 1. The molecule has 6 heteroatoms. The van der Waals surface area contributed by atoms with Crippen LogP contribution in [0.15, 0.2) is 36.5 Å². The van der Waals surface area contributed by atoms with E-state index in [0.29, 0.717) is 36.4 Å². The number of benzene rings is 1. The SMILES string of the molecule is COCCOc1ncccc1NC(=O)COc1ccc(C(C)C)c(C)c1. The summed E-state index contributed by atoms with van der Waals surface area (Å²) in [6.45, 7) is 7.05. The lowest BCUT2D eigenvalue weighted by molar-refractivity contribution is -0.118. The Morgan fingerprint density at radius 3 is 2.69 bits per heavy atom. The van der Waals surface area contributed by atoms with E-state index in [1.165, 1.54) is 5.56 Å². The van der Waals surface area contributed by atoms with E-state index in [-0.39, 0.29) is 12.5 Å². The number of hydrogen-bond donors (Lipinski definition) is 1. The van der Waals surface area contributed by atoms with Gasteiger partial charge in [0.05, 0.1) is 6.61 Å². The van der Waals surface area contributed by atoms with Gasteiger partial charge in [-0.1, -0.05) is 19.9 Å². The van der Waals surface area contributed by atoms with Gasteiger partial charge in [-0.15, -0.1) is 0 Å². The van der Waals surface area contributed by atoms with Crippen LogP contribution in [-0.4, -0.2) is 37.8 Å². The number of rotatable bonds is 9. The van der Waals surface area contributed by atoms with Crippen LogP contribution in [0, 0.1) is 6.92 Å². The number of methoxy groups -OCH3 is 1. The largest absolute Gasteiger partial charge is 0.484 e. The van der Waals surface area contributed by atoms with Crippen molar-refractivity contribution in [1.29, 1.82) is 0 Å². The monoisotopic (exact) mass is 358 g/mol. The molecule has 26 heavy (non-hydrogen) atoms. The molecule has 0 bridgehead atoms. The molecule has 0 saturated heterocycles. The van der Waals surface area contributed by atoms with Gasteiger partial charge >= 0.3 is 0 Å². The van der Waals surface area contributed by atoms with Crippen molar-refractivity contribution in [3.8, 4) is 11.6 Å². The third-order valence-corrected chi connectivity index (χ3v) is 3.80. The molecule has 1 aromatic carbocycles. The van der Waals surface area contributed by atoms with E-state index in [2.05, 4.69) is 24.1 Å². The van der Waals surface area contributed by atoms with Gasteiger partial charge in [0, 0.05) is 13.3 Å². The first-order valence-electron chi connectivity index (χ1n) is 8.61. The van der Waals surface area contributed by atoms with E-state index in [1.807, 2.05) is 25.1 Å². The van der Waals surface area contributed by atoms with Gasteiger partial charge in [-0.05, 0) is 48.2 Å². The second-order valence-corrected chi connectivity index (χ2v) is 6.21. The Bertz CT molecular complexity index is 732. The number of aryl methyl sites for hydroxylation is 1. The molecule has 0 radical (unpaired) electrons. The average molecular weight is 358 g/mol. The zero-order valence-electron chi connectivity index (χ0n) is 15.7. The van der Waals surface area contributed by atoms with Crippen LogP contribution < -0.4 is 14.8 Å². The predicted octanol–water partition coefficient (Wildman–Crippen LogP) is 3.56. The first kappa shape index (κ1) is 19.7. The van der Waals surface area contributed by atoms with Gasteiger partial charge < -0.3 is 19.5 Å². The Hall–Kier alpha value is -2.60. The molecule has 1 amide bonds. The summed E-state index contributed by atoms with van der Waals surface area (Å²) in [7, 11) is 1.59. The number of ether oxygens (including phenoxy) is 3. The molecule has 0 aliphatic heterocycles. The van der Waals surface area contributed by atoms with Crippen molar-refractivity contribution in [3.63, 3.8) is 0 Å². The molecule has 0 aliphatic rings. The van der Waals surface area contributed by atoms with Gasteiger partial charge in [0.1, 0.15) is 18.0 Å². The summed E-state index contributed by atoms with van der Waals surface area (Å²) in [5, 5.41) is 2.76. The maximum Gasteiger partial charge on any atom is 0.262 e. The fourth-order valence-corrected chi connectivity index (χ4v) is 2.54. The first-order valence-corrected chi connectivity index (χ1v) is 8.61. The molecule has 0 aliphatic carbocycles. The van der Waals surface area contributed by atoms with Crippen LogP contribution in [0.3, 0.4) is 0 Å². The quantitative estimate of drug-likeness (QED) is 0.694. The van der Waals surface area contributed by atoms with Crippen LogP contribution in [-0.2, 0) is 9.53 Å². The molecule has 140 valence electrons. The lowest BCUT2D eigenvalue weighted by Gasteiger charge is -2.13. The molecule has 2 rings (SSSR count). The molecule has 0 spiro atoms. The molecule has 0 fully saturated rings. The molecule has 1 N–H and O–H groups in total. The van der Waals surface area contributed by atoms with E-state index in [1.54, 1.807) is 25.4 Å². The third-order valence-electron chi connectivity index (χ3n) is 3.80. The summed E-state index contributed by atoms with van der Waals surface area (Å²) in [4.78, 5) is 16.3. The van der Waals surface area contributed by atoms with E-state index >= 15 is 0 Å². The number of carbonyl (C=O) groups is 1. The van der Waals surface area contributed by atoms with Crippen LogP contribution in [0.25, 0.3) is 0 Å².